The number of hydrogen-bond acceptors (Lipinski definition) is 2. The van der Waals surface area contributed by atoms with Crippen LogP contribution >= 0.6 is 31.9 Å². The zero-order valence-electron chi connectivity index (χ0n) is 11.7. The van der Waals surface area contributed by atoms with E-state index in [1.807, 2.05) is 12.1 Å². The van der Waals surface area contributed by atoms with E-state index in [2.05, 4.69) is 44.1 Å². The molecule has 3 rings (SSSR count). The van der Waals surface area contributed by atoms with E-state index in [1.54, 1.807) is 0 Å². The van der Waals surface area contributed by atoms with Crippen molar-refractivity contribution in [3.8, 4) is 5.75 Å². The average Bonchev–Trinajstić information content (AvgIpc) is 3.04. The van der Waals surface area contributed by atoms with Gasteiger partial charge in [0.1, 0.15) is 5.75 Å². The van der Waals surface area contributed by atoms with Gasteiger partial charge in [0.25, 0.3) is 0 Å². The third-order valence-electron chi connectivity index (χ3n) is 5.14. The van der Waals surface area contributed by atoms with Gasteiger partial charge in [-0.3, -0.25) is 0 Å². The Morgan fingerprint density at radius 2 is 1.95 bits per heavy atom. The second-order valence-electron chi connectivity index (χ2n) is 6.42. The van der Waals surface area contributed by atoms with Crippen LogP contribution in [-0.2, 0) is 6.54 Å². The fourth-order valence-corrected chi connectivity index (χ4v) is 5.34. The molecule has 2 nitrogen and oxygen atoms in total. The van der Waals surface area contributed by atoms with E-state index in [0.29, 0.717) is 6.04 Å². The molecule has 2 bridgehead atoms. The second kappa shape index (κ2) is 5.98. The van der Waals surface area contributed by atoms with Crippen LogP contribution in [0.5, 0.6) is 5.75 Å². The van der Waals surface area contributed by atoms with E-state index < -0.39 is 0 Å². The summed E-state index contributed by atoms with van der Waals surface area (Å²) in [5.41, 5.74) is 1.19. The number of halogens is 2. The van der Waals surface area contributed by atoms with Gasteiger partial charge in [0.2, 0.25) is 0 Å². The molecular weight excluding hydrogens is 382 g/mol. The van der Waals surface area contributed by atoms with Gasteiger partial charge in [0.15, 0.2) is 0 Å². The number of rotatable bonds is 4. The van der Waals surface area contributed by atoms with Gasteiger partial charge in [-0.1, -0.05) is 6.42 Å². The molecule has 1 aromatic rings. The minimum Gasteiger partial charge on any atom is -0.506 e. The first kappa shape index (κ1) is 14.9. The second-order valence-corrected chi connectivity index (χ2v) is 8.13. The summed E-state index contributed by atoms with van der Waals surface area (Å²) < 4.78 is 1.49. The Balaban J connectivity index is 1.59. The maximum atomic E-state index is 9.74. The van der Waals surface area contributed by atoms with Crippen LogP contribution in [-0.4, -0.2) is 11.1 Å². The molecule has 0 radical (unpaired) electrons. The third-order valence-corrected chi connectivity index (χ3v) is 6.35. The Labute approximate surface area is 137 Å². The summed E-state index contributed by atoms with van der Waals surface area (Å²) in [4.78, 5) is 0. The van der Waals surface area contributed by atoms with Crippen LogP contribution in [0.4, 0.5) is 0 Å². The first-order valence-corrected chi connectivity index (χ1v) is 9.03. The molecular formula is C16H21Br2NO. The highest BCUT2D eigenvalue weighted by Gasteiger charge is 2.41. The Kier molecular flexibility index (Phi) is 4.44. The Morgan fingerprint density at radius 1 is 1.25 bits per heavy atom. The summed E-state index contributed by atoms with van der Waals surface area (Å²) in [6.45, 7) is 3.18. The van der Waals surface area contributed by atoms with Crippen molar-refractivity contribution in [2.24, 2.45) is 17.8 Å². The number of benzene rings is 1. The maximum absolute atomic E-state index is 9.74. The smallest absolute Gasteiger partial charge is 0.143 e. The van der Waals surface area contributed by atoms with Gasteiger partial charge in [-0.25, -0.2) is 0 Å². The highest BCUT2D eigenvalue weighted by molar-refractivity contribution is 9.11. The standard InChI is InChI=1S/C16H21Br2NO/c1-9(13-5-10-2-3-12(13)4-10)19-8-11-6-14(17)16(20)15(18)7-11/h6-7,9-10,12-13,19-20H,2-5,8H2,1H3. The lowest BCUT2D eigenvalue weighted by atomic mass is 9.84. The minimum atomic E-state index is 0.273. The molecule has 110 valence electrons. The number of fused-ring (bicyclic) bond motifs is 2. The van der Waals surface area contributed by atoms with Crippen LogP contribution in [0.25, 0.3) is 0 Å². The summed E-state index contributed by atoms with van der Waals surface area (Å²) in [6, 6.07) is 4.55. The third kappa shape index (κ3) is 2.93. The monoisotopic (exact) mass is 401 g/mol. The highest BCUT2D eigenvalue weighted by atomic mass is 79.9. The zero-order valence-corrected chi connectivity index (χ0v) is 14.9. The SMILES string of the molecule is CC(NCc1cc(Br)c(O)c(Br)c1)C1CC2CCC1C2. The van der Waals surface area contributed by atoms with Crippen molar-refractivity contribution >= 4 is 31.9 Å². The fourth-order valence-electron chi connectivity index (χ4n) is 4.06. The zero-order chi connectivity index (χ0) is 14.3. The lowest BCUT2D eigenvalue weighted by Gasteiger charge is -2.28. The lowest BCUT2D eigenvalue weighted by Crippen LogP contribution is -2.35. The fraction of sp³-hybridized carbons (Fsp3) is 0.625. The van der Waals surface area contributed by atoms with Crippen molar-refractivity contribution in [3.05, 3.63) is 26.6 Å². The molecule has 4 unspecified atom stereocenters. The van der Waals surface area contributed by atoms with Crippen LogP contribution in [0, 0.1) is 17.8 Å². The van der Waals surface area contributed by atoms with Crippen LogP contribution in [0.2, 0.25) is 0 Å². The molecule has 0 aromatic heterocycles. The Morgan fingerprint density at radius 3 is 2.50 bits per heavy atom. The molecule has 0 spiro atoms. The van der Waals surface area contributed by atoms with Gasteiger partial charge < -0.3 is 10.4 Å². The molecule has 0 aliphatic heterocycles. The highest BCUT2D eigenvalue weighted by Crippen LogP contribution is 2.49. The number of phenols is 1. The summed E-state index contributed by atoms with van der Waals surface area (Å²) in [7, 11) is 0. The number of nitrogens with one attached hydrogen (secondary N) is 1. The van der Waals surface area contributed by atoms with E-state index in [4.69, 9.17) is 0 Å². The average molecular weight is 403 g/mol. The lowest BCUT2D eigenvalue weighted by molar-refractivity contribution is 0.259. The number of aromatic hydroxyl groups is 1. The van der Waals surface area contributed by atoms with E-state index in [0.717, 1.165) is 33.2 Å². The number of phenolic OH excluding ortho intramolecular Hbond substituents is 1. The van der Waals surface area contributed by atoms with Gasteiger partial charge in [-0.15, -0.1) is 0 Å². The Bertz CT molecular complexity index is 482. The Hall–Kier alpha value is -0.0600. The normalized spacial score (nSPS) is 29.9. The first-order valence-electron chi connectivity index (χ1n) is 7.45. The summed E-state index contributed by atoms with van der Waals surface area (Å²) >= 11 is 6.78. The van der Waals surface area contributed by atoms with E-state index in [9.17, 15) is 5.11 Å². The molecule has 0 amide bonds. The topological polar surface area (TPSA) is 32.3 Å². The summed E-state index contributed by atoms with van der Waals surface area (Å²) in [5, 5.41) is 13.4. The van der Waals surface area contributed by atoms with Crippen LogP contribution in [0.1, 0.15) is 38.2 Å². The molecule has 4 heteroatoms. The molecule has 2 aliphatic rings. The van der Waals surface area contributed by atoms with Crippen LogP contribution < -0.4 is 5.32 Å². The molecule has 20 heavy (non-hydrogen) atoms. The summed E-state index contributed by atoms with van der Waals surface area (Å²) in [5.74, 6) is 3.10. The van der Waals surface area contributed by atoms with Gasteiger partial charge >= 0.3 is 0 Å². The molecule has 2 N–H and O–H groups in total. The van der Waals surface area contributed by atoms with Crippen molar-refractivity contribution in [3.63, 3.8) is 0 Å². The van der Waals surface area contributed by atoms with Gasteiger partial charge in [0, 0.05) is 12.6 Å². The van der Waals surface area contributed by atoms with Gasteiger partial charge in [-0.2, -0.15) is 0 Å². The van der Waals surface area contributed by atoms with E-state index in [-0.39, 0.29) is 5.75 Å². The molecule has 2 saturated carbocycles. The maximum Gasteiger partial charge on any atom is 0.143 e. The summed E-state index contributed by atoms with van der Waals surface area (Å²) in [6.07, 6.45) is 5.79. The van der Waals surface area contributed by atoms with Crippen LogP contribution in [0.3, 0.4) is 0 Å². The van der Waals surface area contributed by atoms with Crippen molar-refractivity contribution < 1.29 is 5.11 Å². The van der Waals surface area contributed by atoms with Gasteiger partial charge in [0.05, 0.1) is 8.95 Å². The molecule has 2 fully saturated rings. The van der Waals surface area contributed by atoms with E-state index in [1.165, 1.54) is 31.2 Å². The molecule has 0 heterocycles. The first-order chi connectivity index (χ1) is 9.54. The van der Waals surface area contributed by atoms with Crippen LogP contribution in [0.15, 0.2) is 21.1 Å². The minimum absolute atomic E-state index is 0.273. The number of hydrogen-bond donors (Lipinski definition) is 2. The van der Waals surface area contributed by atoms with Crippen molar-refractivity contribution in [1.29, 1.82) is 0 Å². The van der Waals surface area contributed by atoms with E-state index >= 15 is 0 Å². The predicted molar refractivity (Wildman–Crippen MR) is 88.7 cm³/mol. The quantitative estimate of drug-likeness (QED) is 0.755. The molecule has 0 saturated heterocycles. The van der Waals surface area contributed by atoms with Crippen molar-refractivity contribution in [2.75, 3.05) is 0 Å². The van der Waals surface area contributed by atoms with Gasteiger partial charge in [-0.05, 0) is 93.5 Å². The molecule has 2 aliphatic carbocycles. The largest absolute Gasteiger partial charge is 0.506 e. The van der Waals surface area contributed by atoms with Crippen molar-refractivity contribution in [2.45, 2.75) is 45.2 Å². The molecule has 4 atom stereocenters. The van der Waals surface area contributed by atoms with Crippen molar-refractivity contribution in [1.82, 2.24) is 5.32 Å². The molecule has 1 aromatic carbocycles. The predicted octanol–water partition coefficient (Wildman–Crippen LogP) is 4.83.